The van der Waals surface area contributed by atoms with Gasteiger partial charge in [-0.3, -0.25) is 4.79 Å². The quantitative estimate of drug-likeness (QED) is 0.563. The van der Waals surface area contributed by atoms with E-state index in [1.54, 1.807) is 0 Å². The van der Waals surface area contributed by atoms with Crippen LogP contribution in [0.25, 0.3) is 0 Å². The molecular weight excluding hydrogens is 162 g/mol. The molecule has 2 fully saturated rings. The Bertz CT molecular complexity index is 230. The van der Waals surface area contributed by atoms with Crippen molar-refractivity contribution in [3.8, 4) is 0 Å². The summed E-state index contributed by atoms with van der Waals surface area (Å²) >= 11 is 0. The molecule has 0 aromatic rings. The van der Waals surface area contributed by atoms with E-state index < -0.39 is 0 Å². The molecule has 0 N–H and O–H groups in total. The Morgan fingerprint density at radius 3 is 2.62 bits per heavy atom. The second-order valence-electron chi connectivity index (χ2n) is 4.38. The van der Waals surface area contributed by atoms with Crippen molar-refractivity contribution in [2.24, 2.45) is 5.41 Å². The zero-order valence-corrected chi connectivity index (χ0v) is 8.09. The summed E-state index contributed by atoms with van der Waals surface area (Å²) in [5.41, 5.74) is 0.649. The summed E-state index contributed by atoms with van der Waals surface area (Å²) in [5.74, 6) is 0.109. The topological polar surface area (TPSA) is 20.3 Å². The molecule has 2 nitrogen and oxygen atoms in total. The third kappa shape index (κ3) is 1.77. The maximum absolute atomic E-state index is 11.4. The highest BCUT2D eigenvalue weighted by Gasteiger charge is 2.43. The van der Waals surface area contributed by atoms with Crippen LogP contribution < -0.4 is 0 Å². The van der Waals surface area contributed by atoms with Gasteiger partial charge < -0.3 is 4.90 Å². The molecule has 13 heavy (non-hydrogen) atoms. The first-order valence-electron chi connectivity index (χ1n) is 5.17. The number of amides is 1. The fourth-order valence-electron chi connectivity index (χ4n) is 2.28. The van der Waals surface area contributed by atoms with E-state index in [0.29, 0.717) is 5.41 Å². The van der Waals surface area contributed by atoms with Gasteiger partial charge in [0.1, 0.15) is 0 Å². The summed E-state index contributed by atoms with van der Waals surface area (Å²) in [7, 11) is 0. The minimum absolute atomic E-state index is 0.109. The van der Waals surface area contributed by atoms with Gasteiger partial charge in [0.2, 0.25) is 5.91 Å². The van der Waals surface area contributed by atoms with Gasteiger partial charge in [-0.1, -0.05) is 6.58 Å². The van der Waals surface area contributed by atoms with Crippen molar-refractivity contribution in [2.45, 2.75) is 32.1 Å². The first-order valence-corrected chi connectivity index (χ1v) is 5.17. The molecule has 0 unspecified atom stereocenters. The molecule has 1 spiro atoms. The van der Waals surface area contributed by atoms with Crippen LogP contribution in [0.15, 0.2) is 12.7 Å². The number of nitrogens with zero attached hydrogens (tertiary/aromatic N) is 1. The van der Waals surface area contributed by atoms with Gasteiger partial charge in [0.05, 0.1) is 0 Å². The number of carbonyl (C=O) groups excluding carboxylic acids is 1. The van der Waals surface area contributed by atoms with E-state index in [4.69, 9.17) is 0 Å². The van der Waals surface area contributed by atoms with Gasteiger partial charge in [0.25, 0.3) is 0 Å². The maximum Gasteiger partial charge on any atom is 0.245 e. The summed E-state index contributed by atoms with van der Waals surface area (Å²) in [6, 6.07) is 0. The van der Waals surface area contributed by atoms with E-state index in [1.165, 1.54) is 38.2 Å². The van der Waals surface area contributed by atoms with E-state index in [1.807, 2.05) is 4.90 Å². The zero-order chi connectivity index (χ0) is 9.31. The minimum atomic E-state index is 0.109. The minimum Gasteiger partial charge on any atom is -0.339 e. The maximum atomic E-state index is 11.4. The second-order valence-corrected chi connectivity index (χ2v) is 4.38. The molecule has 1 saturated carbocycles. The largest absolute Gasteiger partial charge is 0.339 e. The van der Waals surface area contributed by atoms with Crippen molar-refractivity contribution in [2.75, 3.05) is 13.1 Å². The molecule has 0 aromatic carbocycles. The molecule has 1 amide bonds. The van der Waals surface area contributed by atoms with E-state index in [2.05, 4.69) is 6.58 Å². The molecule has 1 saturated heterocycles. The molecule has 2 heteroatoms. The van der Waals surface area contributed by atoms with Crippen LogP contribution >= 0.6 is 0 Å². The van der Waals surface area contributed by atoms with Crippen LogP contribution in [0.2, 0.25) is 0 Å². The summed E-state index contributed by atoms with van der Waals surface area (Å²) in [4.78, 5) is 13.3. The highest BCUT2D eigenvalue weighted by atomic mass is 16.2. The molecule has 0 bridgehead atoms. The molecule has 2 aliphatic rings. The lowest BCUT2D eigenvalue weighted by atomic mass is 9.98. The van der Waals surface area contributed by atoms with Gasteiger partial charge in [0.15, 0.2) is 0 Å². The zero-order valence-electron chi connectivity index (χ0n) is 8.09. The van der Waals surface area contributed by atoms with Gasteiger partial charge >= 0.3 is 0 Å². The Labute approximate surface area is 79.6 Å². The van der Waals surface area contributed by atoms with Gasteiger partial charge in [-0.05, 0) is 43.6 Å². The molecule has 0 atom stereocenters. The Morgan fingerprint density at radius 2 is 2.00 bits per heavy atom. The lowest BCUT2D eigenvalue weighted by Gasteiger charge is -2.18. The molecule has 0 aromatic heterocycles. The van der Waals surface area contributed by atoms with Crippen LogP contribution in [0.1, 0.15) is 32.1 Å². The van der Waals surface area contributed by atoms with E-state index in [0.717, 1.165) is 13.1 Å². The fraction of sp³-hybridized carbons (Fsp3) is 0.727. The van der Waals surface area contributed by atoms with Crippen molar-refractivity contribution in [3.63, 3.8) is 0 Å². The summed E-state index contributed by atoms with van der Waals surface area (Å²) < 4.78 is 0. The van der Waals surface area contributed by atoms with Crippen LogP contribution in [0.3, 0.4) is 0 Å². The normalized spacial score (nSPS) is 25.4. The van der Waals surface area contributed by atoms with Gasteiger partial charge in [0, 0.05) is 13.1 Å². The average Bonchev–Trinajstić information content (AvgIpc) is 2.94. The van der Waals surface area contributed by atoms with Crippen molar-refractivity contribution < 1.29 is 4.79 Å². The summed E-state index contributed by atoms with van der Waals surface area (Å²) in [5, 5.41) is 0. The van der Waals surface area contributed by atoms with Crippen molar-refractivity contribution in [1.29, 1.82) is 0 Å². The lowest BCUT2D eigenvalue weighted by molar-refractivity contribution is -0.126. The molecule has 2 rings (SSSR count). The Balaban J connectivity index is 1.94. The third-order valence-corrected chi connectivity index (χ3v) is 3.49. The van der Waals surface area contributed by atoms with Crippen LogP contribution in [0, 0.1) is 5.41 Å². The molecule has 1 aliphatic heterocycles. The number of rotatable bonds is 1. The molecule has 1 aliphatic carbocycles. The van der Waals surface area contributed by atoms with Crippen LogP contribution in [0.5, 0.6) is 0 Å². The summed E-state index contributed by atoms with van der Waals surface area (Å²) in [6.45, 7) is 5.41. The van der Waals surface area contributed by atoms with E-state index in [-0.39, 0.29) is 5.91 Å². The van der Waals surface area contributed by atoms with Crippen molar-refractivity contribution in [3.05, 3.63) is 12.7 Å². The first kappa shape index (κ1) is 8.79. The van der Waals surface area contributed by atoms with Gasteiger partial charge in [-0.15, -0.1) is 0 Å². The third-order valence-electron chi connectivity index (χ3n) is 3.49. The van der Waals surface area contributed by atoms with Crippen LogP contribution in [-0.4, -0.2) is 23.9 Å². The van der Waals surface area contributed by atoms with Crippen molar-refractivity contribution in [1.82, 2.24) is 4.90 Å². The monoisotopic (exact) mass is 179 g/mol. The van der Waals surface area contributed by atoms with Gasteiger partial charge in [-0.25, -0.2) is 0 Å². The Hall–Kier alpha value is -0.790. The number of carbonyl (C=O) groups is 1. The lowest BCUT2D eigenvalue weighted by Crippen LogP contribution is -2.30. The highest BCUT2D eigenvalue weighted by molar-refractivity contribution is 5.86. The second kappa shape index (κ2) is 3.17. The highest BCUT2D eigenvalue weighted by Crippen LogP contribution is 2.53. The van der Waals surface area contributed by atoms with E-state index >= 15 is 0 Å². The van der Waals surface area contributed by atoms with Gasteiger partial charge in [-0.2, -0.15) is 0 Å². The SMILES string of the molecule is C=CC(=O)N1CCCC2(CC1)CC2. The predicted molar refractivity (Wildman–Crippen MR) is 52.3 cm³/mol. The van der Waals surface area contributed by atoms with Crippen LogP contribution in [-0.2, 0) is 4.79 Å². The molecule has 1 heterocycles. The molecular formula is C11H17NO. The van der Waals surface area contributed by atoms with E-state index in [9.17, 15) is 4.79 Å². The molecule has 0 radical (unpaired) electrons. The standard InChI is InChI=1S/C11H17NO/c1-2-10(13)12-8-3-4-11(5-6-11)7-9-12/h2H,1,3-9H2. The van der Waals surface area contributed by atoms with Crippen LogP contribution in [0.4, 0.5) is 0 Å². The number of hydrogen-bond donors (Lipinski definition) is 0. The number of hydrogen-bond acceptors (Lipinski definition) is 1. The molecule has 72 valence electrons. The Kier molecular flexibility index (Phi) is 2.14. The fourth-order valence-corrected chi connectivity index (χ4v) is 2.28. The number of likely N-dealkylation sites (tertiary alicyclic amines) is 1. The average molecular weight is 179 g/mol. The first-order chi connectivity index (χ1) is 6.26. The smallest absolute Gasteiger partial charge is 0.245 e. The Morgan fingerprint density at radius 1 is 1.23 bits per heavy atom. The predicted octanol–water partition coefficient (Wildman–Crippen LogP) is 1.97. The summed E-state index contributed by atoms with van der Waals surface area (Å²) in [6.07, 6.45) is 7.94. The van der Waals surface area contributed by atoms with Crippen molar-refractivity contribution >= 4 is 5.91 Å².